The zero-order valence-corrected chi connectivity index (χ0v) is 12.4. The minimum Gasteiger partial charge on any atom is -0.494 e. The highest BCUT2D eigenvalue weighted by molar-refractivity contribution is 5.48. The molecule has 5 heteroatoms. The number of aromatic nitrogens is 3. The molecule has 0 aliphatic rings. The Morgan fingerprint density at radius 3 is 2.65 bits per heavy atom. The molecule has 2 rings (SSSR count). The zero-order chi connectivity index (χ0) is 14.5. The number of nitrogen functional groups attached to an aromatic ring is 1. The van der Waals surface area contributed by atoms with Crippen molar-refractivity contribution in [1.82, 2.24) is 14.8 Å². The van der Waals surface area contributed by atoms with Gasteiger partial charge in [-0.15, -0.1) is 0 Å². The van der Waals surface area contributed by atoms with Crippen molar-refractivity contribution in [2.24, 2.45) is 0 Å². The van der Waals surface area contributed by atoms with E-state index in [0.29, 0.717) is 13.2 Å². The quantitative estimate of drug-likeness (QED) is 0.822. The lowest BCUT2D eigenvalue weighted by molar-refractivity contribution is 0.335. The smallest absolute Gasteiger partial charge is 0.150 e. The molecule has 108 valence electrons. The fourth-order valence-electron chi connectivity index (χ4n) is 2.14. The molecule has 0 amide bonds. The predicted molar refractivity (Wildman–Crippen MR) is 79.9 cm³/mol. The standard InChI is InChI=1S/C15H22N4O/c1-4-14-17-15(5-2)19(18-14)10-11-9-12(16)7-8-13(11)20-6-3/h7-9H,4-6,10,16H2,1-3H3. The monoisotopic (exact) mass is 274 g/mol. The molecule has 2 N–H and O–H groups in total. The van der Waals surface area contributed by atoms with Gasteiger partial charge in [0.05, 0.1) is 13.2 Å². The molecule has 0 bridgehead atoms. The van der Waals surface area contributed by atoms with E-state index < -0.39 is 0 Å². The van der Waals surface area contributed by atoms with E-state index in [2.05, 4.69) is 23.9 Å². The molecule has 0 saturated carbocycles. The normalized spacial score (nSPS) is 10.8. The molecule has 2 aromatic rings. The lowest BCUT2D eigenvalue weighted by atomic mass is 10.1. The Hall–Kier alpha value is -2.04. The van der Waals surface area contributed by atoms with Gasteiger partial charge in [0.2, 0.25) is 0 Å². The first-order valence-electron chi connectivity index (χ1n) is 7.11. The lowest BCUT2D eigenvalue weighted by Gasteiger charge is -2.12. The summed E-state index contributed by atoms with van der Waals surface area (Å²) in [6.07, 6.45) is 1.70. The summed E-state index contributed by atoms with van der Waals surface area (Å²) in [6, 6.07) is 5.71. The van der Waals surface area contributed by atoms with Gasteiger partial charge >= 0.3 is 0 Å². The van der Waals surface area contributed by atoms with Crippen LogP contribution >= 0.6 is 0 Å². The van der Waals surface area contributed by atoms with Crippen molar-refractivity contribution in [3.8, 4) is 5.75 Å². The van der Waals surface area contributed by atoms with Gasteiger partial charge in [-0.3, -0.25) is 0 Å². The Labute approximate surface area is 119 Å². The molecule has 0 aliphatic heterocycles. The second-order valence-electron chi connectivity index (χ2n) is 4.61. The predicted octanol–water partition coefficient (Wildman–Crippen LogP) is 2.43. The number of hydrogen-bond donors (Lipinski definition) is 1. The van der Waals surface area contributed by atoms with Crippen molar-refractivity contribution in [2.75, 3.05) is 12.3 Å². The maximum atomic E-state index is 5.88. The van der Waals surface area contributed by atoms with Crippen molar-refractivity contribution >= 4 is 5.69 Å². The van der Waals surface area contributed by atoms with E-state index in [4.69, 9.17) is 10.5 Å². The summed E-state index contributed by atoms with van der Waals surface area (Å²) < 4.78 is 7.59. The summed E-state index contributed by atoms with van der Waals surface area (Å²) in [6.45, 7) is 7.39. The summed E-state index contributed by atoms with van der Waals surface area (Å²) >= 11 is 0. The summed E-state index contributed by atoms with van der Waals surface area (Å²) in [5.41, 5.74) is 7.65. The SMILES string of the molecule is CCOc1ccc(N)cc1Cn1nc(CC)nc1CC. The van der Waals surface area contributed by atoms with Crippen LogP contribution < -0.4 is 10.5 Å². The summed E-state index contributed by atoms with van der Waals surface area (Å²) in [5.74, 6) is 2.73. The molecule has 20 heavy (non-hydrogen) atoms. The number of benzene rings is 1. The van der Waals surface area contributed by atoms with Gasteiger partial charge in [-0.1, -0.05) is 13.8 Å². The van der Waals surface area contributed by atoms with Crippen molar-refractivity contribution < 1.29 is 4.74 Å². The highest BCUT2D eigenvalue weighted by Gasteiger charge is 2.11. The number of ether oxygens (including phenoxy) is 1. The fraction of sp³-hybridized carbons (Fsp3) is 0.467. The van der Waals surface area contributed by atoms with Crippen LogP contribution in [0.1, 0.15) is 38.0 Å². The maximum Gasteiger partial charge on any atom is 0.150 e. The maximum absolute atomic E-state index is 5.88. The molecule has 0 saturated heterocycles. The molecular formula is C15H22N4O. The Bertz CT molecular complexity index is 577. The van der Waals surface area contributed by atoms with Gasteiger partial charge in [-0.2, -0.15) is 5.10 Å². The van der Waals surface area contributed by atoms with E-state index in [0.717, 1.165) is 41.5 Å². The van der Waals surface area contributed by atoms with Crippen molar-refractivity contribution in [1.29, 1.82) is 0 Å². The van der Waals surface area contributed by atoms with E-state index in [9.17, 15) is 0 Å². The Kier molecular flexibility index (Phi) is 4.61. The number of hydrogen-bond acceptors (Lipinski definition) is 4. The van der Waals surface area contributed by atoms with Crippen LogP contribution in [0.4, 0.5) is 5.69 Å². The number of rotatable bonds is 6. The van der Waals surface area contributed by atoms with Gasteiger partial charge in [-0.05, 0) is 25.1 Å². The van der Waals surface area contributed by atoms with Gasteiger partial charge in [0.1, 0.15) is 11.6 Å². The van der Waals surface area contributed by atoms with Gasteiger partial charge in [-0.25, -0.2) is 9.67 Å². The third-order valence-corrected chi connectivity index (χ3v) is 3.13. The lowest BCUT2D eigenvalue weighted by Crippen LogP contribution is -2.08. The van der Waals surface area contributed by atoms with Crippen molar-refractivity contribution in [2.45, 2.75) is 40.2 Å². The van der Waals surface area contributed by atoms with E-state index in [1.54, 1.807) is 0 Å². The van der Waals surface area contributed by atoms with Crippen LogP contribution in [0.3, 0.4) is 0 Å². The average Bonchev–Trinajstić information content (AvgIpc) is 2.84. The topological polar surface area (TPSA) is 66.0 Å². The molecule has 0 atom stereocenters. The second-order valence-corrected chi connectivity index (χ2v) is 4.61. The van der Waals surface area contributed by atoms with Gasteiger partial charge in [0.15, 0.2) is 5.82 Å². The zero-order valence-electron chi connectivity index (χ0n) is 12.4. The van der Waals surface area contributed by atoms with Gasteiger partial charge in [0, 0.05) is 24.1 Å². The molecule has 5 nitrogen and oxygen atoms in total. The number of aryl methyl sites for hydroxylation is 2. The summed E-state index contributed by atoms with van der Waals surface area (Å²) in [4.78, 5) is 4.52. The minimum absolute atomic E-state index is 0.634. The molecule has 0 aliphatic carbocycles. The highest BCUT2D eigenvalue weighted by Crippen LogP contribution is 2.23. The summed E-state index contributed by atoms with van der Waals surface area (Å²) in [7, 11) is 0. The molecule has 0 radical (unpaired) electrons. The third-order valence-electron chi connectivity index (χ3n) is 3.13. The van der Waals surface area contributed by atoms with Crippen LogP contribution in [0.15, 0.2) is 18.2 Å². The first kappa shape index (κ1) is 14.4. The number of nitrogens with zero attached hydrogens (tertiary/aromatic N) is 3. The van der Waals surface area contributed by atoms with E-state index >= 15 is 0 Å². The third kappa shape index (κ3) is 3.10. The molecule has 0 spiro atoms. The van der Waals surface area contributed by atoms with Crippen LogP contribution in [0, 0.1) is 0 Å². The molecule has 0 fully saturated rings. The molecule has 1 aromatic carbocycles. The Morgan fingerprint density at radius 1 is 1.20 bits per heavy atom. The van der Waals surface area contributed by atoms with Crippen LogP contribution in [0.25, 0.3) is 0 Å². The first-order chi connectivity index (χ1) is 9.67. The highest BCUT2D eigenvalue weighted by atomic mass is 16.5. The number of nitrogens with two attached hydrogens (primary N) is 1. The molecule has 1 heterocycles. The van der Waals surface area contributed by atoms with Gasteiger partial charge in [0.25, 0.3) is 0 Å². The fourth-order valence-corrected chi connectivity index (χ4v) is 2.14. The number of anilines is 1. The molecular weight excluding hydrogens is 252 g/mol. The first-order valence-corrected chi connectivity index (χ1v) is 7.11. The van der Waals surface area contributed by atoms with Crippen molar-refractivity contribution in [3.63, 3.8) is 0 Å². The second kappa shape index (κ2) is 6.41. The van der Waals surface area contributed by atoms with E-state index in [1.807, 2.05) is 29.8 Å². The van der Waals surface area contributed by atoms with Crippen LogP contribution in [-0.2, 0) is 19.4 Å². The largest absolute Gasteiger partial charge is 0.494 e. The minimum atomic E-state index is 0.634. The van der Waals surface area contributed by atoms with Crippen molar-refractivity contribution in [3.05, 3.63) is 35.4 Å². The Morgan fingerprint density at radius 2 is 2.00 bits per heavy atom. The van der Waals surface area contributed by atoms with E-state index in [-0.39, 0.29) is 0 Å². The average molecular weight is 274 g/mol. The molecule has 1 aromatic heterocycles. The van der Waals surface area contributed by atoms with Gasteiger partial charge < -0.3 is 10.5 Å². The Balaban J connectivity index is 2.33. The molecule has 0 unspecified atom stereocenters. The van der Waals surface area contributed by atoms with Crippen LogP contribution in [0.2, 0.25) is 0 Å². The summed E-state index contributed by atoms with van der Waals surface area (Å²) in [5, 5.41) is 4.53. The van der Waals surface area contributed by atoms with Crippen LogP contribution in [-0.4, -0.2) is 21.4 Å². The van der Waals surface area contributed by atoms with E-state index in [1.165, 1.54) is 0 Å². The van der Waals surface area contributed by atoms with Crippen LogP contribution in [0.5, 0.6) is 5.75 Å².